The highest BCUT2D eigenvalue weighted by Gasteiger charge is 2.12. The number of nitrogens with zero attached hydrogens (tertiary/aromatic N) is 2. The number of benzene rings is 4. The summed E-state index contributed by atoms with van der Waals surface area (Å²) in [7, 11) is 0. The van der Waals surface area contributed by atoms with Gasteiger partial charge >= 0.3 is 0 Å². The van der Waals surface area contributed by atoms with E-state index in [4.69, 9.17) is 0 Å². The van der Waals surface area contributed by atoms with Gasteiger partial charge in [-0.05, 0) is 64.4 Å². The van der Waals surface area contributed by atoms with Gasteiger partial charge in [0.05, 0.1) is 0 Å². The Kier molecular flexibility index (Phi) is 6.95. The van der Waals surface area contributed by atoms with Crippen molar-refractivity contribution in [3.63, 3.8) is 0 Å². The second-order valence-corrected chi connectivity index (χ2v) is 9.79. The van der Waals surface area contributed by atoms with Crippen molar-refractivity contribution >= 4 is 11.3 Å². The van der Waals surface area contributed by atoms with Gasteiger partial charge in [0.15, 0.2) is 12.4 Å². The summed E-state index contributed by atoms with van der Waals surface area (Å²) in [6.07, 6.45) is 12.9. The van der Waals surface area contributed by atoms with Gasteiger partial charge in [-0.2, -0.15) is 4.57 Å². The quantitative estimate of drug-likeness (QED) is 0.213. The van der Waals surface area contributed by atoms with E-state index in [0.29, 0.717) is 0 Å². The first kappa shape index (κ1) is 23.7. The summed E-state index contributed by atoms with van der Waals surface area (Å²) >= 11 is 0. The molecule has 0 radical (unpaired) electrons. The molecule has 0 saturated heterocycles. The summed E-state index contributed by atoms with van der Waals surface area (Å²) in [5.41, 5.74) is 10.2. The van der Waals surface area contributed by atoms with Crippen LogP contribution in [0.15, 0.2) is 152 Å². The van der Waals surface area contributed by atoms with Gasteiger partial charge in [0.25, 0.3) is 0 Å². The summed E-state index contributed by atoms with van der Waals surface area (Å²) in [5, 5.41) is 0. The van der Waals surface area contributed by atoms with Gasteiger partial charge < -0.3 is 4.90 Å². The van der Waals surface area contributed by atoms with Gasteiger partial charge in [-0.25, -0.2) is 0 Å². The first-order chi connectivity index (χ1) is 18.8. The van der Waals surface area contributed by atoms with E-state index >= 15 is 0 Å². The predicted octanol–water partition coefficient (Wildman–Crippen LogP) is 7.56. The van der Waals surface area contributed by atoms with Crippen LogP contribution in [0, 0.1) is 0 Å². The zero-order valence-corrected chi connectivity index (χ0v) is 21.4. The first-order valence-electron chi connectivity index (χ1n) is 13.2. The van der Waals surface area contributed by atoms with E-state index < -0.39 is 0 Å². The molecule has 0 saturated carbocycles. The third-order valence-corrected chi connectivity index (χ3v) is 7.06. The summed E-state index contributed by atoms with van der Waals surface area (Å²) in [4.78, 5) is 2.30. The normalized spacial score (nSPS) is 12.8. The van der Waals surface area contributed by atoms with E-state index in [9.17, 15) is 0 Å². The van der Waals surface area contributed by atoms with Crippen LogP contribution in [0.25, 0.3) is 11.3 Å². The zero-order chi connectivity index (χ0) is 25.6. The second-order valence-electron chi connectivity index (χ2n) is 9.79. The highest BCUT2D eigenvalue weighted by atomic mass is 15.1. The minimum absolute atomic E-state index is 0.858. The lowest BCUT2D eigenvalue weighted by Gasteiger charge is -2.23. The fourth-order valence-corrected chi connectivity index (χ4v) is 5.03. The molecule has 0 unspecified atom stereocenters. The fourth-order valence-electron chi connectivity index (χ4n) is 5.03. The SMILES string of the molecule is C1=CN(c2cccc(Cc3ccccc3)c2)CC=C1c1cc[n+](-c2cccc(Cc3ccccc3)c2)cc1. The van der Waals surface area contributed by atoms with Crippen molar-refractivity contribution in [1.82, 2.24) is 0 Å². The number of anilines is 1. The molecule has 0 amide bonds. The zero-order valence-electron chi connectivity index (χ0n) is 21.4. The van der Waals surface area contributed by atoms with Crippen LogP contribution in [0.1, 0.15) is 27.8 Å². The summed E-state index contributed by atoms with van der Waals surface area (Å²) in [6.45, 7) is 0.858. The Labute approximate surface area is 225 Å². The predicted molar refractivity (Wildman–Crippen MR) is 157 cm³/mol. The van der Waals surface area contributed by atoms with E-state index in [1.54, 1.807) is 0 Å². The minimum atomic E-state index is 0.858. The van der Waals surface area contributed by atoms with Crippen LogP contribution in [0.2, 0.25) is 0 Å². The Morgan fingerprint density at radius 1 is 0.579 bits per heavy atom. The minimum Gasteiger partial charge on any atom is -0.344 e. The van der Waals surface area contributed by atoms with Crippen molar-refractivity contribution in [2.75, 3.05) is 11.4 Å². The number of rotatable bonds is 7. The molecule has 0 N–H and O–H groups in total. The van der Waals surface area contributed by atoms with Crippen molar-refractivity contribution in [2.45, 2.75) is 12.8 Å². The lowest BCUT2D eigenvalue weighted by atomic mass is 10.0. The van der Waals surface area contributed by atoms with Crippen molar-refractivity contribution in [3.8, 4) is 5.69 Å². The molecule has 0 fully saturated rings. The van der Waals surface area contributed by atoms with E-state index in [0.717, 1.165) is 19.4 Å². The molecule has 0 spiro atoms. The Morgan fingerprint density at radius 2 is 1.18 bits per heavy atom. The number of aromatic nitrogens is 1. The van der Waals surface area contributed by atoms with Gasteiger partial charge in [-0.1, -0.05) is 91.0 Å². The molecule has 5 aromatic rings. The number of pyridine rings is 1. The maximum atomic E-state index is 2.31. The maximum absolute atomic E-state index is 2.31. The molecular formula is C36H31N2+. The molecule has 184 valence electrons. The van der Waals surface area contributed by atoms with Crippen molar-refractivity contribution < 1.29 is 4.57 Å². The molecule has 4 aromatic carbocycles. The van der Waals surface area contributed by atoms with Crippen LogP contribution in [0.5, 0.6) is 0 Å². The average Bonchev–Trinajstić information content (AvgIpc) is 2.99. The monoisotopic (exact) mass is 491 g/mol. The largest absolute Gasteiger partial charge is 0.344 e. The van der Waals surface area contributed by atoms with Crippen LogP contribution in [0.4, 0.5) is 5.69 Å². The van der Waals surface area contributed by atoms with Gasteiger partial charge in [-0.15, -0.1) is 0 Å². The molecule has 2 heterocycles. The standard InChI is InChI=1S/C36H31N2/c1-3-9-29(10-4-1)25-31-13-7-15-35(27-31)37-21-17-33(18-22-37)34-19-23-38(24-20-34)36-16-8-14-32(28-36)26-30-11-5-2-6-12-30/h1-23,27-28H,24-26H2/q+1. The van der Waals surface area contributed by atoms with Crippen LogP contribution in [0.3, 0.4) is 0 Å². The molecule has 1 aliphatic rings. The van der Waals surface area contributed by atoms with Gasteiger partial charge in [0, 0.05) is 42.7 Å². The Morgan fingerprint density at radius 3 is 1.82 bits per heavy atom. The molecule has 2 heteroatoms. The molecule has 2 nitrogen and oxygen atoms in total. The summed E-state index contributed by atoms with van der Waals surface area (Å²) in [5.74, 6) is 0. The summed E-state index contributed by atoms with van der Waals surface area (Å²) in [6, 6.07) is 43.3. The van der Waals surface area contributed by atoms with E-state index in [2.05, 4.69) is 162 Å². The third-order valence-electron chi connectivity index (χ3n) is 7.06. The van der Waals surface area contributed by atoms with Crippen LogP contribution >= 0.6 is 0 Å². The number of hydrogen-bond donors (Lipinski definition) is 0. The molecule has 6 rings (SSSR count). The van der Waals surface area contributed by atoms with E-state index in [1.165, 1.54) is 44.8 Å². The van der Waals surface area contributed by atoms with Crippen molar-refractivity contribution in [3.05, 3.63) is 180 Å². The molecule has 0 atom stereocenters. The van der Waals surface area contributed by atoms with Crippen LogP contribution in [-0.4, -0.2) is 6.54 Å². The lowest BCUT2D eigenvalue weighted by Crippen LogP contribution is -2.29. The Balaban J connectivity index is 1.12. The van der Waals surface area contributed by atoms with Gasteiger partial charge in [0.2, 0.25) is 5.69 Å². The number of allylic oxidation sites excluding steroid dienone is 2. The second kappa shape index (κ2) is 11.1. The smallest absolute Gasteiger partial charge is 0.210 e. The average molecular weight is 492 g/mol. The Hall–Kier alpha value is -4.69. The Bertz CT molecular complexity index is 1570. The van der Waals surface area contributed by atoms with Crippen molar-refractivity contribution in [1.29, 1.82) is 0 Å². The lowest BCUT2D eigenvalue weighted by molar-refractivity contribution is -0.595. The number of hydrogen-bond acceptors (Lipinski definition) is 1. The molecule has 38 heavy (non-hydrogen) atoms. The summed E-state index contributed by atoms with van der Waals surface area (Å²) < 4.78 is 2.19. The highest BCUT2D eigenvalue weighted by molar-refractivity contribution is 5.76. The molecule has 0 aliphatic carbocycles. The maximum Gasteiger partial charge on any atom is 0.210 e. The van der Waals surface area contributed by atoms with E-state index in [-0.39, 0.29) is 0 Å². The van der Waals surface area contributed by atoms with Crippen molar-refractivity contribution in [2.24, 2.45) is 0 Å². The van der Waals surface area contributed by atoms with E-state index in [1.807, 2.05) is 0 Å². The molecule has 0 bridgehead atoms. The first-order valence-corrected chi connectivity index (χ1v) is 13.2. The van der Waals surface area contributed by atoms with Gasteiger partial charge in [0.1, 0.15) is 0 Å². The highest BCUT2D eigenvalue weighted by Crippen LogP contribution is 2.25. The molecule has 1 aromatic heterocycles. The molecular weight excluding hydrogens is 460 g/mol. The third kappa shape index (κ3) is 5.66. The topological polar surface area (TPSA) is 7.12 Å². The fraction of sp³-hybridized carbons (Fsp3) is 0.0833. The van der Waals surface area contributed by atoms with Crippen LogP contribution in [-0.2, 0) is 12.8 Å². The molecule has 1 aliphatic heterocycles. The van der Waals surface area contributed by atoms with Crippen LogP contribution < -0.4 is 9.47 Å². The van der Waals surface area contributed by atoms with Gasteiger partial charge in [-0.3, -0.25) is 0 Å².